The van der Waals surface area contributed by atoms with E-state index in [4.69, 9.17) is 14.2 Å². The molecule has 0 aromatic rings. The zero-order valence-electron chi connectivity index (χ0n) is 36.6. The van der Waals surface area contributed by atoms with E-state index < -0.39 is 6.10 Å². The van der Waals surface area contributed by atoms with Crippen LogP contribution in [0.1, 0.15) is 201 Å². The van der Waals surface area contributed by atoms with E-state index in [-0.39, 0.29) is 25.2 Å². The third kappa shape index (κ3) is 43.8. The highest BCUT2D eigenvalue weighted by atomic mass is 16.6. The van der Waals surface area contributed by atoms with Crippen molar-refractivity contribution in [2.24, 2.45) is 0 Å². The Morgan fingerprint density at radius 3 is 1.29 bits per heavy atom. The van der Waals surface area contributed by atoms with Gasteiger partial charge in [-0.3, -0.25) is 9.59 Å². The standard InChI is InChI=1S/C51H86O5/c1-4-7-10-13-16-19-21-23-25-26-28-29-31-33-35-38-41-44-50(52)55-48-49(47-54-46-43-40-37-18-15-12-9-6-3)56-51(53)45-42-39-36-34-32-30-27-24-22-20-17-14-11-8-5-2/h7-8,10-11,16-17,19-20,23-25,27-29,49H,4-6,9,12-15,18,21-22,26,30-48H2,1-3H3/b10-7-,11-8-,19-16-,20-17-,25-23-,27-24-,29-28-. The third-order valence-corrected chi connectivity index (χ3v) is 9.43. The molecule has 0 aliphatic rings. The van der Waals surface area contributed by atoms with Gasteiger partial charge in [0.25, 0.3) is 0 Å². The average molecular weight is 779 g/mol. The number of carbonyl (C=O) groups is 2. The van der Waals surface area contributed by atoms with Gasteiger partial charge in [-0.1, -0.05) is 183 Å². The van der Waals surface area contributed by atoms with Crippen molar-refractivity contribution in [3.63, 3.8) is 0 Å². The van der Waals surface area contributed by atoms with E-state index in [1.54, 1.807) is 0 Å². The van der Waals surface area contributed by atoms with Gasteiger partial charge >= 0.3 is 11.9 Å². The molecular weight excluding hydrogens is 693 g/mol. The van der Waals surface area contributed by atoms with Gasteiger partial charge < -0.3 is 14.2 Å². The number of rotatable bonds is 41. The highest BCUT2D eigenvalue weighted by Gasteiger charge is 2.17. The van der Waals surface area contributed by atoms with Crippen molar-refractivity contribution in [1.82, 2.24) is 0 Å². The number of ether oxygens (including phenoxy) is 3. The molecule has 0 amide bonds. The zero-order valence-corrected chi connectivity index (χ0v) is 36.6. The van der Waals surface area contributed by atoms with Crippen molar-refractivity contribution in [3.8, 4) is 0 Å². The van der Waals surface area contributed by atoms with Crippen LogP contribution in [0.4, 0.5) is 0 Å². The molecule has 1 atom stereocenters. The van der Waals surface area contributed by atoms with Crippen molar-refractivity contribution in [3.05, 3.63) is 85.1 Å². The molecule has 0 aromatic heterocycles. The number of hydrogen-bond donors (Lipinski definition) is 0. The van der Waals surface area contributed by atoms with Gasteiger partial charge in [0, 0.05) is 19.4 Å². The van der Waals surface area contributed by atoms with Crippen LogP contribution in [0.25, 0.3) is 0 Å². The first-order valence-electron chi connectivity index (χ1n) is 23.1. The minimum atomic E-state index is -0.555. The summed E-state index contributed by atoms with van der Waals surface area (Å²) >= 11 is 0. The summed E-state index contributed by atoms with van der Waals surface area (Å²) in [6.07, 6.45) is 60.1. The summed E-state index contributed by atoms with van der Waals surface area (Å²) in [7, 11) is 0. The lowest BCUT2D eigenvalue weighted by Gasteiger charge is -2.18. The quantitative estimate of drug-likeness (QED) is 0.0351. The number of esters is 2. The predicted octanol–water partition coefficient (Wildman–Crippen LogP) is 15.3. The molecule has 0 N–H and O–H groups in total. The van der Waals surface area contributed by atoms with Crippen LogP contribution in [-0.4, -0.2) is 37.9 Å². The van der Waals surface area contributed by atoms with Gasteiger partial charge in [-0.15, -0.1) is 0 Å². The van der Waals surface area contributed by atoms with Crippen LogP contribution in [0.3, 0.4) is 0 Å². The monoisotopic (exact) mass is 779 g/mol. The Labute approximate surface area is 346 Å². The topological polar surface area (TPSA) is 61.8 Å². The van der Waals surface area contributed by atoms with E-state index in [0.717, 1.165) is 116 Å². The van der Waals surface area contributed by atoms with Crippen molar-refractivity contribution in [2.45, 2.75) is 207 Å². The Morgan fingerprint density at radius 1 is 0.411 bits per heavy atom. The van der Waals surface area contributed by atoms with Crippen molar-refractivity contribution < 1.29 is 23.8 Å². The fraction of sp³-hybridized carbons (Fsp3) is 0.686. The summed E-state index contributed by atoms with van der Waals surface area (Å²) in [6.45, 7) is 7.53. The number of carbonyl (C=O) groups excluding carboxylic acids is 2. The Balaban J connectivity index is 4.28. The van der Waals surface area contributed by atoms with Gasteiger partial charge in [0.2, 0.25) is 0 Å². The highest BCUT2D eigenvalue weighted by Crippen LogP contribution is 2.12. The molecule has 0 bridgehead atoms. The minimum absolute atomic E-state index is 0.0625. The second-order valence-electron chi connectivity index (χ2n) is 14.9. The van der Waals surface area contributed by atoms with Gasteiger partial charge in [-0.25, -0.2) is 0 Å². The molecular formula is C51H86O5. The Morgan fingerprint density at radius 2 is 0.804 bits per heavy atom. The van der Waals surface area contributed by atoms with Crippen LogP contribution in [-0.2, 0) is 23.8 Å². The number of unbranched alkanes of at least 4 members (excludes halogenated alkanes) is 16. The fourth-order valence-corrected chi connectivity index (χ4v) is 6.04. The molecule has 56 heavy (non-hydrogen) atoms. The Hall–Kier alpha value is -2.92. The fourth-order valence-electron chi connectivity index (χ4n) is 6.04. The average Bonchev–Trinajstić information content (AvgIpc) is 3.20. The highest BCUT2D eigenvalue weighted by molar-refractivity contribution is 5.70. The maximum Gasteiger partial charge on any atom is 0.306 e. The van der Waals surface area contributed by atoms with Crippen LogP contribution in [0.2, 0.25) is 0 Å². The summed E-state index contributed by atoms with van der Waals surface area (Å²) < 4.78 is 17.2. The SMILES string of the molecule is CC/C=C\C/C=C\C/C=C\C/C=C\CCCCCCC(=O)OCC(COCCCCCCCCCC)OC(=O)CCCCCCC/C=C\C/C=C\C/C=C\CC. The van der Waals surface area contributed by atoms with E-state index in [9.17, 15) is 9.59 Å². The molecule has 0 aliphatic carbocycles. The summed E-state index contributed by atoms with van der Waals surface area (Å²) in [6, 6.07) is 0. The smallest absolute Gasteiger partial charge is 0.306 e. The molecule has 0 saturated heterocycles. The van der Waals surface area contributed by atoms with Crippen LogP contribution in [0.5, 0.6) is 0 Å². The first-order valence-corrected chi connectivity index (χ1v) is 23.1. The van der Waals surface area contributed by atoms with Crippen LogP contribution >= 0.6 is 0 Å². The normalized spacial score (nSPS) is 13.0. The van der Waals surface area contributed by atoms with E-state index in [1.165, 1.54) is 51.4 Å². The minimum Gasteiger partial charge on any atom is -0.462 e. The predicted molar refractivity (Wildman–Crippen MR) is 242 cm³/mol. The van der Waals surface area contributed by atoms with Gasteiger partial charge in [0.05, 0.1) is 6.61 Å². The van der Waals surface area contributed by atoms with Crippen LogP contribution < -0.4 is 0 Å². The number of allylic oxidation sites excluding steroid dienone is 14. The Bertz CT molecular complexity index is 1060. The van der Waals surface area contributed by atoms with Crippen molar-refractivity contribution >= 4 is 11.9 Å². The van der Waals surface area contributed by atoms with Crippen molar-refractivity contribution in [1.29, 1.82) is 0 Å². The molecule has 1 unspecified atom stereocenters. The second-order valence-corrected chi connectivity index (χ2v) is 14.9. The second kappa shape index (κ2) is 46.5. The maximum absolute atomic E-state index is 12.7. The lowest BCUT2D eigenvalue weighted by molar-refractivity contribution is -0.163. The summed E-state index contributed by atoms with van der Waals surface area (Å²) in [5, 5.41) is 0. The molecule has 0 fully saturated rings. The van der Waals surface area contributed by atoms with E-state index in [1.807, 2.05) is 0 Å². The number of hydrogen-bond acceptors (Lipinski definition) is 5. The first kappa shape index (κ1) is 53.1. The van der Waals surface area contributed by atoms with Gasteiger partial charge in [-0.2, -0.15) is 0 Å². The third-order valence-electron chi connectivity index (χ3n) is 9.43. The molecule has 0 saturated carbocycles. The largest absolute Gasteiger partial charge is 0.462 e. The molecule has 0 aromatic carbocycles. The molecule has 0 aliphatic heterocycles. The van der Waals surface area contributed by atoms with E-state index in [2.05, 4.69) is 106 Å². The zero-order chi connectivity index (χ0) is 40.7. The van der Waals surface area contributed by atoms with Crippen molar-refractivity contribution in [2.75, 3.05) is 19.8 Å². The summed E-state index contributed by atoms with van der Waals surface area (Å²) in [5.74, 6) is -0.449. The molecule has 0 spiro atoms. The maximum atomic E-state index is 12.7. The molecule has 5 nitrogen and oxygen atoms in total. The molecule has 0 rings (SSSR count). The van der Waals surface area contributed by atoms with Gasteiger partial charge in [0.1, 0.15) is 6.61 Å². The Kier molecular flexibility index (Phi) is 44.0. The van der Waals surface area contributed by atoms with E-state index in [0.29, 0.717) is 19.4 Å². The molecule has 0 heterocycles. The summed E-state index contributed by atoms with van der Waals surface area (Å²) in [4.78, 5) is 25.2. The molecule has 0 radical (unpaired) electrons. The first-order chi connectivity index (χ1) is 27.6. The van der Waals surface area contributed by atoms with Crippen LogP contribution in [0.15, 0.2) is 85.1 Å². The van der Waals surface area contributed by atoms with Crippen LogP contribution in [0, 0.1) is 0 Å². The molecule has 320 valence electrons. The van der Waals surface area contributed by atoms with Gasteiger partial charge in [0.15, 0.2) is 6.10 Å². The lowest BCUT2D eigenvalue weighted by atomic mass is 10.1. The van der Waals surface area contributed by atoms with E-state index >= 15 is 0 Å². The molecule has 5 heteroatoms. The van der Waals surface area contributed by atoms with Gasteiger partial charge in [-0.05, 0) is 89.9 Å². The summed E-state index contributed by atoms with van der Waals surface area (Å²) in [5.41, 5.74) is 0. The lowest BCUT2D eigenvalue weighted by Crippen LogP contribution is -2.30.